The van der Waals surface area contributed by atoms with Gasteiger partial charge in [-0.25, -0.2) is 4.79 Å². The zero-order valence-electron chi connectivity index (χ0n) is 17.5. The number of rotatable bonds is 4. The summed E-state index contributed by atoms with van der Waals surface area (Å²) in [4.78, 5) is 33.5. The summed E-state index contributed by atoms with van der Waals surface area (Å²) in [6, 6.07) is 5.46. The van der Waals surface area contributed by atoms with Gasteiger partial charge >= 0.3 is 6.03 Å². The predicted molar refractivity (Wildman–Crippen MR) is 111 cm³/mol. The zero-order valence-corrected chi connectivity index (χ0v) is 17.5. The van der Waals surface area contributed by atoms with Crippen LogP contribution in [0.5, 0.6) is 5.75 Å². The van der Waals surface area contributed by atoms with E-state index in [0.717, 1.165) is 36.5 Å². The SMILES string of the molecule is C/C=C/CN1C(=O)C2C(NC3N(c4cc(C)ccc4OC)CCCN23)N(C)C1=O. The van der Waals surface area contributed by atoms with E-state index in [9.17, 15) is 9.59 Å². The van der Waals surface area contributed by atoms with Gasteiger partial charge in [0, 0.05) is 26.7 Å². The molecule has 3 aliphatic heterocycles. The second-order valence-corrected chi connectivity index (χ2v) is 7.80. The first-order valence-corrected chi connectivity index (χ1v) is 10.1. The van der Waals surface area contributed by atoms with Gasteiger partial charge in [0.15, 0.2) is 0 Å². The van der Waals surface area contributed by atoms with E-state index in [4.69, 9.17) is 4.74 Å². The van der Waals surface area contributed by atoms with Crippen molar-refractivity contribution in [2.24, 2.45) is 0 Å². The Morgan fingerprint density at radius 2 is 2.07 bits per heavy atom. The Balaban J connectivity index is 1.68. The quantitative estimate of drug-likeness (QED) is 0.776. The van der Waals surface area contributed by atoms with Crippen molar-refractivity contribution in [3.05, 3.63) is 35.9 Å². The van der Waals surface area contributed by atoms with Crippen LogP contribution in [-0.2, 0) is 4.79 Å². The summed E-state index contributed by atoms with van der Waals surface area (Å²) in [5.41, 5.74) is 2.15. The molecule has 3 saturated heterocycles. The molecule has 0 aromatic heterocycles. The lowest BCUT2D eigenvalue weighted by molar-refractivity contribution is -0.138. The standard InChI is InChI=1S/C21H29N5O3/c1-5-6-10-26-19(27)17-18(23(3)21(26)28)22-20-24(11-7-12-25(17)20)15-13-14(2)8-9-16(15)29-4/h5-6,8-9,13,17-18,20,22H,7,10-12H2,1-4H3/b6-5+. The minimum Gasteiger partial charge on any atom is -0.495 e. The van der Waals surface area contributed by atoms with Gasteiger partial charge in [0.25, 0.3) is 5.91 Å². The van der Waals surface area contributed by atoms with Crippen LogP contribution in [0.2, 0.25) is 0 Å². The third kappa shape index (κ3) is 3.16. The molecule has 8 heteroatoms. The molecule has 3 amide bonds. The van der Waals surface area contributed by atoms with Crippen molar-refractivity contribution >= 4 is 17.6 Å². The maximum Gasteiger partial charge on any atom is 0.328 e. The van der Waals surface area contributed by atoms with Gasteiger partial charge in [-0.15, -0.1) is 0 Å². The van der Waals surface area contributed by atoms with Crippen LogP contribution >= 0.6 is 0 Å². The number of amides is 3. The molecule has 3 heterocycles. The minimum atomic E-state index is -0.397. The van der Waals surface area contributed by atoms with Crippen LogP contribution in [0, 0.1) is 6.92 Å². The van der Waals surface area contributed by atoms with Gasteiger partial charge in [0.1, 0.15) is 24.2 Å². The van der Waals surface area contributed by atoms with Gasteiger partial charge in [-0.1, -0.05) is 18.2 Å². The van der Waals surface area contributed by atoms with Crippen LogP contribution < -0.4 is 15.0 Å². The van der Waals surface area contributed by atoms with Crippen LogP contribution in [-0.4, -0.2) is 78.9 Å². The molecular weight excluding hydrogens is 370 g/mol. The molecule has 1 aromatic rings. The summed E-state index contributed by atoms with van der Waals surface area (Å²) in [6.45, 7) is 5.89. The van der Waals surface area contributed by atoms with Crippen molar-refractivity contribution in [1.29, 1.82) is 0 Å². The molecule has 3 unspecified atom stereocenters. The molecule has 1 N–H and O–H groups in total. The van der Waals surface area contributed by atoms with Crippen LogP contribution in [0.1, 0.15) is 18.9 Å². The zero-order chi connectivity index (χ0) is 20.7. The Kier molecular flexibility index (Phi) is 5.23. The molecule has 3 atom stereocenters. The number of likely N-dealkylation sites (N-methyl/N-ethyl adjacent to an activating group) is 1. The number of ether oxygens (including phenoxy) is 1. The molecule has 3 fully saturated rings. The Bertz CT molecular complexity index is 842. The number of hydrogen-bond donors (Lipinski definition) is 1. The topological polar surface area (TPSA) is 68.4 Å². The van der Waals surface area contributed by atoms with E-state index >= 15 is 0 Å². The maximum atomic E-state index is 13.3. The smallest absolute Gasteiger partial charge is 0.328 e. The fourth-order valence-electron chi connectivity index (χ4n) is 4.57. The number of nitrogens with one attached hydrogen (secondary N) is 1. The van der Waals surface area contributed by atoms with Gasteiger partial charge in [0.2, 0.25) is 0 Å². The number of nitrogens with zero attached hydrogens (tertiary/aromatic N) is 4. The summed E-state index contributed by atoms with van der Waals surface area (Å²) in [5.74, 6) is 0.670. The lowest BCUT2D eigenvalue weighted by Crippen LogP contribution is -2.66. The highest BCUT2D eigenvalue weighted by molar-refractivity contribution is 6.00. The van der Waals surface area contributed by atoms with Crippen molar-refractivity contribution in [2.45, 2.75) is 38.8 Å². The highest BCUT2D eigenvalue weighted by Gasteiger charge is 2.56. The highest BCUT2D eigenvalue weighted by Crippen LogP contribution is 2.37. The van der Waals surface area contributed by atoms with Crippen molar-refractivity contribution in [1.82, 2.24) is 20.0 Å². The Morgan fingerprint density at radius 3 is 2.79 bits per heavy atom. The molecule has 3 aliphatic rings. The largest absolute Gasteiger partial charge is 0.495 e. The van der Waals surface area contributed by atoms with Crippen molar-refractivity contribution < 1.29 is 14.3 Å². The van der Waals surface area contributed by atoms with Crippen molar-refractivity contribution in [3.8, 4) is 5.75 Å². The number of fused-ring (bicyclic) bond motifs is 3. The van der Waals surface area contributed by atoms with Gasteiger partial charge in [-0.2, -0.15) is 0 Å². The molecule has 0 spiro atoms. The molecule has 0 aliphatic carbocycles. The van der Waals surface area contributed by atoms with E-state index < -0.39 is 6.04 Å². The van der Waals surface area contributed by atoms with E-state index in [0.29, 0.717) is 6.54 Å². The first-order chi connectivity index (χ1) is 14.0. The van der Waals surface area contributed by atoms with Gasteiger partial charge < -0.3 is 14.5 Å². The summed E-state index contributed by atoms with van der Waals surface area (Å²) < 4.78 is 5.61. The number of allylic oxidation sites excluding steroid dienone is 1. The second-order valence-electron chi connectivity index (χ2n) is 7.80. The lowest BCUT2D eigenvalue weighted by Gasteiger charge is -2.44. The van der Waals surface area contributed by atoms with Crippen LogP contribution in [0.4, 0.5) is 10.5 Å². The summed E-state index contributed by atoms with van der Waals surface area (Å²) in [5, 5.41) is 3.54. The van der Waals surface area contributed by atoms with E-state index in [2.05, 4.69) is 28.1 Å². The first-order valence-electron chi connectivity index (χ1n) is 10.1. The number of aryl methyl sites for hydroxylation is 1. The van der Waals surface area contributed by atoms with Gasteiger partial charge in [0.05, 0.1) is 12.8 Å². The molecule has 0 radical (unpaired) electrons. The Morgan fingerprint density at radius 1 is 1.28 bits per heavy atom. The van der Waals surface area contributed by atoms with Crippen LogP contribution in [0.3, 0.4) is 0 Å². The number of anilines is 1. The van der Waals surface area contributed by atoms with Crippen molar-refractivity contribution in [3.63, 3.8) is 0 Å². The molecular formula is C21H29N5O3. The number of hydrogen-bond acceptors (Lipinski definition) is 6. The fraction of sp³-hybridized carbons (Fsp3) is 0.524. The van der Waals surface area contributed by atoms with E-state index in [1.54, 1.807) is 19.1 Å². The van der Waals surface area contributed by atoms with Gasteiger partial charge in [-0.05, 0) is 38.0 Å². The third-order valence-electron chi connectivity index (χ3n) is 6.04. The molecule has 8 nitrogen and oxygen atoms in total. The lowest BCUT2D eigenvalue weighted by atomic mass is 10.1. The predicted octanol–water partition coefficient (Wildman–Crippen LogP) is 1.57. The first kappa shape index (κ1) is 19.7. The van der Waals surface area contributed by atoms with E-state index in [1.807, 2.05) is 31.2 Å². The van der Waals surface area contributed by atoms with Crippen molar-refractivity contribution in [2.75, 3.05) is 38.7 Å². The Labute approximate surface area is 171 Å². The molecule has 0 bridgehead atoms. The normalized spacial score (nSPS) is 27.6. The third-order valence-corrected chi connectivity index (χ3v) is 6.04. The average molecular weight is 399 g/mol. The van der Waals surface area contributed by atoms with E-state index in [-0.39, 0.29) is 24.4 Å². The monoisotopic (exact) mass is 399 g/mol. The highest BCUT2D eigenvalue weighted by atomic mass is 16.5. The number of methoxy groups -OCH3 is 1. The second kappa shape index (κ2) is 7.68. The van der Waals surface area contributed by atoms with Crippen LogP contribution in [0.15, 0.2) is 30.4 Å². The Hall–Kier alpha value is -2.58. The molecule has 0 saturated carbocycles. The van der Waals surface area contributed by atoms with Crippen LogP contribution in [0.25, 0.3) is 0 Å². The summed E-state index contributed by atoms with van der Waals surface area (Å²) in [6.07, 6.45) is 4.10. The molecule has 29 heavy (non-hydrogen) atoms. The number of benzene rings is 1. The number of imide groups is 1. The summed E-state index contributed by atoms with van der Waals surface area (Å²) >= 11 is 0. The molecule has 1 aromatic carbocycles. The number of urea groups is 1. The molecule has 156 valence electrons. The fourth-order valence-corrected chi connectivity index (χ4v) is 4.57. The van der Waals surface area contributed by atoms with Gasteiger partial charge in [-0.3, -0.25) is 19.9 Å². The summed E-state index contributed by atoms with van der Waals surface area (Å²) in [7, 11) is 3.44. The number of carbonyl (C=O) groups is 2. The molecule has 4 rings (SSSR count). The average Bonchev–Trinajstić information content (AvgIpc) is 3.12. The van der Waals surface area contributed by atoms with E-state index in [1.165, 1.54) is 4.90 Å². The minimum absolute atomic E-state index is 0.135. The maximum absolute atomic E-state index is 13.3. The number of carbonyl (C=O) groups excluding carboxylic acids is 2.